The van der Waals surface area contributed by atoms with Gasteiger partial charge in [0.15, 0.2) is 11.5 Å². The van der Waals surface area contributed by atoms with Gasteiger partial charge >= 0.3 is 0 Å². The Labute approximate surface area is 146 Å². The summed E-state index contributed by atoms with van der Waals surface area (Å²) in [5.41, 5.74) is 1.37. The summed E-state index contributed by atoms with van der Waals surface area (Å²) in [4.78, 5) is 12.6. The molecule has 25 heavy (non-hydrogen) atoms. The van der Waals surface area contributed by atoms with Crippen LogP contribution in [-0.4, -0.2) is 34.6 Å². The lowest BCUT2D eigenvalue weighted by Gasteiger charge is -2.18. The van der Waals surface area contributed by atoms with Crippen molar-refractivity contribution >= 4 is 21.6 Å². The van der Waals surface area contributed by atoms with Crippen LogP contribution in [0.25, 0.3) is 0 Å². The molecule has 7 nitrogen and oxygen atoms in total. The number of sulfonamides is 1. The van der Waals surface area contributed by atoms with E-state index in [2.05, 4.69) is 10.0 Å². The molecule has 2 N–H and O–H groups in total. The fraction of sp³-hybridized carbons (Fsp3) is 0.235. The molecule has 0 fully saturated rings. The number of anilines is 1. The third kappa shape index (κ3) is 3.59. The van der Waals surface area contributed by atoms with Gasteiger partial charge in [-0.25, -0.2) is 13.1 Å². The van der Waals surface area contributed by atoms with Crippen molar-refractivity contribution in [3.05, 3.63) is 47.5 Å². The van der Waals surface area contributed by atoms with Crippen LogP contribution in [0.2, 0.25) is 0 Å². The molecule has 0 spiro atoms. The van der Waals surface area contributed by atoms with E-state index >= 15 is 0 Å². The van der Waals surface area contributed by atoms with Gasteiger partial charge < -0.3 is 14.8 Å². The number of hydrogen-bond donors (Lipinski definition) is 2. The van der Waals surface area contributed by atoms with E-state index in [0.717, 1.165) is 0 Å². The van der Waals surface area contributed by atoms with E-state index < -0.39 is 10.0 Å². The van der Waals surface area contributed by atoms with Gasteiger partial charge in [0.25, 0.3) is 5.91 Å². The summed E-state index contributed by atoms with van der Waals surface area (Å²) in [5, 5.41) is 2.70. The van der Waals surface area contributed by atoms with Crippen molar-refractivity contribution in [2.45, 2.75) is 11.8 Å². The van der Waals surface area contributed by atoms with Crippen LogP contribution in [0, 0.1) is 6.92 Å². The number of amides is 1. The second kappa shape index (κ2) is 6.73. The Kier molecular flexibility index (Phi) is 4.65. The van der Waals surface area contributed by atoms with E-state index in [9.17, 15) is 13.2 Å². The third-order valence-corrected chi connectivity index (χ3v) is 5.36. The van der Waals surface area contributed by atoms with E-state index in [1.807, 2.05) is 0 Å². The number of carbonyl (C=O) groups is 1. The number of aryl methyl sites for hydroxylation is 1. The van der Waals surface area contributed by atoms with Gasteiger partial charge in [0, 0.05) is 11.3 Å². The summed E-state index contributed by atoms with van der Waals surface area (Å²) in [5.74, 6) is 0.746. The highest BCUT2D eigenvalue weighted by Crippen LogP contribution is 2.31. The quantitative estimate of drug-likeness (QED) is 0.867. The van der Waals surface area contributed by atoms with Crippen molar-refractivity contribution in [2.75, 3.05) is 25.6 Å². The van der Waals surface area contributed by atoms with Gasteiger partial charge in [-0.05, 0) is 49.9 Å². The van der Waals surface area contributed by atoms with Crippen molar-refractivity contribution in [3.8, 4) is 11.5 Å². The summed E-state index contributed by atoms with van der Waals surface area (Å²) in [6.07, 6.45) is 0. The smallest absolute Gasteiger partial charge is 0.255 e. The van der Waals surface area contributed by atoms with E-state index in [1.54, 1.807) is 37.3 Å². The molecule has 0 saturated heterocycles. The minimum Gasteiger partial charge on any atom is -0.486 e. The number of nitrogens with one attached hydrogen (secondary N) is 2. The maximum absolute atomic E-state index is 12.4. The first-order chi connectivity index (χ1) is 11.9. The van der Waals surface area contributed by atoms with Crippen molar-refractivity contribution < 1.29 is 22.7 Å². The fourth-order valence-electron chi connectivity index (χ4n) is 2.47. The molecule has 2 aromatic rings. The Hall–Kier alpha value is -2.58. The lowest BCUT2D eigenvalue weighted by molar-refractivity contribution is 0.102. The molecule has 0 bridgehead atoms. The highest BCUT2D eigenvalue weighted by atomic mass is 32.2. The zero-order chi connectivity index (χ0) is 18.0. The Morgan fingerprint density at radius 2 is 1.76 bits per heavy atom. The molecular weight excluding hydrogens is 344 g/mol. The SMILES string of the molecule is CNS(=O)(=O)c1cc(NC(=O)c2ccc3c(c2)OCCO3)ccc1C. The Morgan fingerprint density at radius 3 is 2.48 bits per heavy atom. The summed E-state index contributed by atoms with van der Waals surface area (Å²) in [7, 11) is -2.26. The number of rotatable bonds is 4. The molecule has 0 unspecified atom stereocenters. The highest BCUT2D eigenvalue weighted by Gasteiger charge is 2.18. The van der Waals surface area contributed by atoms with Gasteiger partial charge in [0.2, 0.25) is 10.0 Å². The Balaban J connectivity index is 1.85. The molecule has 0 atom stereocenters. The van der Waals surface area contributed by atoms with Crippen LogP contribution in [0.5, 0.6) is 11.5 Å². The molecule has 0 aliphatic carbocycles. The molecule has 1 heterocycles. The molecule has 3 rings (SSSR count). The predicted molar refractivity (Wildman–Crippen MR) is 92.8 cm³/mol. The summed E-state index contributed by atoms with van der Waals surface area (Å²) >= 11 is 0. The van der Waals surface area contributed by atoms with Crippen molar-refractivity contribution in [1.29, 1.82) is 0 Å². The summed E-state index contributed by atoms with van der Waals surface area (Å²) in [6.45, 7) is 2.60. The zero-order valence-electron chi connectivity index (χ0n) is 13.8. The summed E-state index contributed by atoms with van der Waals surface area (Å²) in [6, 6.07) is 9.63. The molecule has 1 aliphatic rings. The lowest BCUT2D eigenvalue weighted by atomic mass is 10.1. The molecule has 0 radical (unpaired) electrons. The van der Waals surface area contributed by atoms with Gasteiger partial charge in [-0.15, -0.1) is 0 Å². The van der Waals surface area contributed by atoms with Gasteiger partial charge in [0.1, 0.15) is 13.2 Å². The largest absolute Gasteiger partial charge is 0.486 e. The number of carbonyl (C=O) groups excluding carboxylic acids is 1. The van der Waals surface area contributed by atoms with Crippen molar-refractivity contribution in [2.24, 2.45) is 0 Å². The number of ether oxygens (including phenoxy) is 2. The minimum absolute atomic E-state index is 0.120. The number of benzene rings is 2. The first kappa shape index (κ1) is 17.2. The molecular formula is C17H18N2O5S. The second-order valence-corrected chi connectivity index (χ2v) is 7.36. The minimum atomic E-state index is -3.60. The van der Waals surface area contributed by atoms with Crippen LogP contribution < -0.4 is 19.5 Å². The van der Waals surface area contributed by atoms with Gasteiger partial charge in [-0.3, -0.25) is 4.79 Å². The average Bonchev–Trinajstić information content (AvgIpc) is 2.62. The van der Waals surface area contributed by atoms with Crippen LogP contribution in [0.1, 0.15) is 15.9 Å². The second-order valence-electron chi connectivity index (χ2n) is 5.50. The predicted octanol–water partition coefficient (Wildman–Crippen LogP) is 1.93. The van der Waals surface area contributed by atoms with Crippen molar-refractivity contribution in [3.63, 3.8) is 0 Å². The first-order valence-corrected chi connectivity index (χ1v) is 9.14. The highest BCUT2D eigenvalue weighted by molar-refractivity contribution is 7.89. The normalized spacial score (nSPS) is 13.4. The number of hydrogen-bond acceptors (Lipinski definition) is 5. The third-order valence-electron chi connectivity index (χ3n) is 3.81. The summed E-state index contributed by atoms with van der Waals surface area (Å²) < 4.78 is 37.2. The molecule has 0 saturated carbocycles. The zero-order valence-corrected chi connectivity index (χ0v) is 14.6. The molecule has 1 amide bonds. The lowest BCUT2D eigenvalue weighted by Crippen LogP contribution is -2.20. The molecule has 8 heteroatoms. The van der Waals surface area contributed by atoms with Gasteiger partial charge in [0.05, 0.1) is 4.90 Å². The monoisotopic (exact) mass is 362 g/mol. The molecule has 132 valence electrons. The number of fused-ring (bicyclic) bond motifs is 1. The maximum Gasteiger partial charge on any atom is 0.255 e. The van der Waals surface area contributed by atoms with Crippen LogP contribution >= 0.6 is 0 Å². The van der Waals surface area contributed by atoms with E-state index in [1.165, 1.54) is 13.1 Å². The Bertz CT molecular complexity index is 925. The Morgan fingerprint density at radius 1 is 1.04 bits per heavy atom. The first-order valence-electron chi connectivity index (χ1n) is 7.66. The topological polar surface area (TPSA) is 93.7 Å². The van der Waals surface area contributed by atoms with E-state index in [0.29, 0.717) is 41.5 Å². The van der Waals surface area contributed by atoms with Crippen LogP contribution in [0.15, 0.2) is 41.3 Å². The van der Waals surface area contributed by atoms with Crippen LogP contribution in [0.3, 0.4) is 0 Å². The molecule has 2 aromatic carbocycles. The standard InChI is InChI=1S/C17H18N2O5S/c1-11-3-5-13(10-16(11)25(21,22)18-2)19-17(20)12-4-6-14-15(9-12)24-8-7-23-14/h3-6,9-10,18H,7-8H2,1-2H3,(H,19,20). The van der Waals surface area contributed by atoms with Crippen LogP contribution in [-0.2, 0) is 10.0 Å². The van der Waals surface area contributed by atoms with Crippen LogP contribution in [0.4, 0.5) is 5.69 Å². The molecule has 1 aliphatic heterocycles. The van der Waals surface area contributed by atoms with E-state index in [4.69, 9.17) is 9.47 Å². The molecule has 0 aromatic heterocycles. The van der Waals surface area contributed by atoms with E-state index in [-0.39, 0.29) is 10.8 Å². The average molecular weight is 362 g/mol. The van der Waals surface area contributed by atoms with Crippen molar-refractivity contribution in [1.82, 2.24) is 4.72 Å². The van der Waals surface area contributed by atoms with Gasteiger partial charge in [-0.2, -0.15) is 0 Å². The maximum atomic E-state index is 12.4. The van der Waals surface area contributed by atoms with Gasteiger partial charge in [-0.1, -0.05) is 6.07 Å². The fourth-order valence-corrected chi connectivity index (χ4v) is 3.46.